The SMILES string of the molecule is O=C(c1cccc2ccccc12)N(CC1CCCO1)c1nc2c(F)cccc2s1. The second kappa shape index (κ2) is 7.54. The number of hydrogen-bond acceptors (Lipinski definition) is 4. The van der Waals surface area contributed by atoms with Crippen LogP contribution in [0.15, 0.2) is 60.7 Å². The molecule has 0 radical (unpaired) electrons. The summed E-state index contributed by atoms with van der Waals surface area (Å²) in [4.78, 5) is 19.8. The number of aromatic nitrogens is 1. The summed E-state index contributed by atoms with van der Waals surface area (Å²) in [6.07, 6.45) is 1.85. The summed E-state index contributed by atoms with van der Waals surface area (Å²) in [5.74, 6) is -0.517. The zero-order valence-electron chi connectivity index (χ0n) is 15.7. The molecular formula is C23H19FN2O2S. The van der Waals surface area contributed by atoms with Crippen LogP contribution < -0.4 is 4.90 Å². The summed E-state index contributed by atoms with van der Waals surface area (Å²) in [6.45, 7) is 1.11. The number of amides is 1. The maximum absolute atomic E-state index is 14.2. The van der Waals surface area contributed by atoms with Crippen molar-refractivity contribution in [2.45, 2.75) is 18.9 Å². The number of halogens is 1. The smallest absolute Gasteiger partial charge is 0.260 e. The molecule has 4 aromatic rings. The van der Waals surface area contributed by atoms with Crippen molar-refractivity contribution in [3.63, 3.8) is 0 Å². The monoisotopic (exact) mass is 406 g/mol. The Labute approximate surface area is 171 Å². The lowest BCUT2D eigenvalue weighted by molar-refractivity contribution is 0.0919. The van der Waals surface area contributed by atoms with Crippen molar-refractivity contribution in [1.82, 2.24) is 4.98 Å². The Hall–Kier alpha value is -2.83. The van der Waals surface area contributed by atoms with Crippen molar-refractivity contribution in [3.8, 4) is 0 Å². The lowest BCUT2D eigenvalue weighted by Crippen LogP contribution is -2.37. The highest BCUT2D eigenvalue weighted by atomic mass is 32.1. The first kappa shape index (κ1) is 18.2. The molecule has 1 unspecified atom stereocenters. The third-order valence-electron chi connectivity index (χ3n) is 5.26. The first-order chi connectivity index (χ1) is 14.2. The van der Waals surface area contributed by atoms with E-state index < -0.39 is 0 Å². The van der Waals surface area contributed by atoms with Crippen molar-refractivity contribution >= 4 is 43.4 Å². The Balaban J connectivity index is 1.60. The van der Waals surface area contributed by atoms with Gasteiger partial charge in [-0.2, -0.15) is 0 Å². The van der Waals surface area contributed by atoms with Gasteiger partial charge in [-0.15, -0.1) is 0 Å². The van der Waals surface area contributed by atoms with E-state index in [0.717, 1.165) is 28.3 Å². The fraction of sp³-hybridized carbons (Fsp3) is 0.217. The van der Waals surface area contributed by atoms with Gasteiger partial charge in [-0.25, -0.2) is 9.37 Å². The molecule has 146 valence electrons. The average Bonchev–Trinajstić information content (AvgIpc) is 3.41. The van der Waals surface area contributed by atoms with Crippen LogP contribution in [0.2, 0.25) is 0 Å². The molecule has 3 aromatic carbocycles. The minimum atomic E-state index is -0.375. The summed E-state index contributed by atoms with van der Waals surface area (Å²) in [6, 6.07) is 18.4. The van der Waals surface area contributed by atoms with Gasteiger partial charge in [0.25, 0.3) is 5.91 Å². The van der Waals surface area contributed by atoms with Crippen LogP contribution in [0, 0.1) is 5.82 Å². The Morgan fingerprint density at radius 3 is 2.79 bits per heavy atom. The topological polar surface area (TPSA) is 42.4 Å². The van der Waals surface area contributed by atoms with E-state index >= 15 is 0 Å². The van der Waals surface area contributed by atoms with Crippen LogP contribution in [0.1, 0.15) is 23.2 Å². The number of fused-ring (bicyclic) bond motifs is 2. The predicted octanol–water partition coefficient (Wildman–Crippen LogP) is 5.41. The van der Waals surface area contributed by atoms with Crippen LogP contribution in [0.4, 0.5) is 9.52 Å². The van der Waals surface area contributed by atoms with Gasteiger partial charge in [0.2, 0.25) is 0 Å². The van der Waals surface area contributed by atoms with E-state index in [0.29, 0.717) is 29.4 Å². The first-order valence-corrected chi connectivity index (χ1v) is 10.5. The highest BCUT2D eigenvalue weighted by Crippen LogP contribution is 2.33. The van der Waals surface area contributed by atoms with E-state index in [1.807, 2.05) is 48.5 Å². The van der Waals surface area contributed by atoms with Gasteiger partial charge in [-0.3, -0.25) is 9.69 Å². The number of anilines is 1. The molecule has 5 rings (SSSR count). The number of para-hydroxylation sites is 1. The molecule has 6 heteroatoms. The molecule has 1 amide bonds. The molecule has 0 aliphatic carbocycles. The quantitative estimate of drug-likeness (QED) is 0.455. The summed E-state index contributed by atoms with van der Waals surface area (Å²) in [5, 5.41) is 2.40. The second-order valence-electron chi connectivity index (χ2n) is 7.16. The Bertz CT molecular complexity index is 1190. The molecule has 1 aliphatic rings. The summed E-state index contributed by atoms with van der Waals surface area (Å²) >= 11 is 1.33. The number of benzene rings is 3. The van der Waals surface area contributed by atoms with E-state index in [2.05, 4.69) is 4.98 Å². The van der Waals surface area contributed by atoms with Crippen molar-refractivity contribution in [1.29, 1.82) is 0 Å². The van der Waals surface area contributed by atoms with Crippen molar-refractivity contribution in [2.75, 3.05) is 18.1 Å². The number of nitrogens with zero attached hydrogens (tertiary/aromatic N) is 2. The fourth-order valence-corrected chi connectivity index (χ4v) is 4.80. The molecule has 2 heterocycles. The van der Waals surface area contributed by atoms with Crippen molar-refractivity contribution in [2.24, 2.45) is 0 Å². The highest BCUT2D eigenvalue weighted by molar-refractivity contribution is 7.22. The molecule has 4 nitrogen and oxygen atoms in total. The van der Waals surface area contributed by atoms with Crippen molar-refractivity contribution in [3.05, 3.63) is 72.0 Å². The standard InChI is InChI=1S/C23H19FN2O2S/c24-19-11-4-12-20-21(19)25-23(29-20)26(14-16-8-5-13-28-16)22(27)18-10-3-7-15-6-1-2-9-17(15)18/h1-4,6-7,9-12,16H,5,8,13-14H2. The van der Waals surface area contributed by atoms with Gasteiger partial charge in [0, 0.05) is 12.2 Å². The maximum Gasteiger partial charge on any atom is 0.260 e. The minimum absolute atomic E-state index is 0.0363. The molecule has 0 spiro atoms. The Morgan fingerprint density at radius 1 is 1.14 bits per heavy atom. The number of carbonyl (C=O) groups is 1. The highest BCUT2D eigenvalue weighted by Gasteiger charge is 2.28. The van der Waals surface area contributed by atoms with E-state index in [9.17, 15) is 9.18 Å². The molecule has 1 aliphatic heterocycles. The summed E-state index contributed by atoms with van der Waals surface area (Å²) < 4.78 is 20.7. The second-order valence-corrected chi connectivity index (χ2v) is 8.17. The lowest BCUT2D eigenvalue weighted by Gasteiger charge is -2.23. The van der Waals surface area contributed by atoms with Crippen LogP contribution in [0.3, 0.4) is 0 Å². The maximum atomic E-state index is 14.2. The molecular weight excluding hydrogens is 387 g/mol. The lowest BCUT2D eigenvalue weighted by atomic mass is 10.0. The molecule has 1 atom stereocenters. The van der Waals surface area contributed by atoms with E-state index in [1.165, 1.54) is 17.4 Å². The molecule has 1 saturated heterocycles. The van der Waals surface area contributed by atoms with Crippen LogP contribution >= 0.6 is 11.3 Å². The van der Waals surface area contributed by atoms with Crippen LogP contribution in [0.5, 0.6) is 0 Å². The van der Waals surface area contributed by atoms with Crippen LogP contribution in [-0.2, 0) is 4.74 Å². The van der Waals surface area contributed by atoms with Gasteiger partial charge in [0.1, 0.15) is 11.3 Å². The predicted molar refractivity (Wildman–Crippen MR) is 114 cm³/mol. The number of carbonyl (C=O) groups excluding carboxylic acids is 1. The average molecular weight is 406 g/mol. The number of ether oxygens (including phenoxy) is 1. The molecule has 0 saturated carbocycles. The van der Waals surface area contributed by atoms with Gasteiger partial charge in [0.05, 0.1) is 17.3 Å². The van der Waals surface area contributed by atoms with Crippen LogP contribution in [-0.4, -0.2) is 30.1 Å². The fourth-order valence-electron chi connectivity index (χ4n) is 3.82. The van der Waals surface area contributed by atoms with Crippen LogP contribution in [0.25, 0.3) is 21.0 Å². The number of rotatable bonds is 4. The Kier molecular flexibility index (Phi) is 4.73. The zero-order chi connectivity index (χ0) is 19.8. The third-order valence-corrected chi connectivity index (χ3v) is 6.31. The zero-order valence-corrected chi connectivity index (χ0v) is 16.5. The molecule has 1 aromatic heterocycles. The first-order valence-electron chi connectivity index (χ1n) is 9.67. The normalized spacial score (nSPS) is 16.5. The molecule has 29 heavy (non-hydrogen) atoms. The van der Waals surface area contributed by atoms with Gasteiger partial charge >= 0.3 is 0 Å². The van der Waals surface area contributed by atoms with Crippen molar-refractivity contribution < 1.29 is 13.9 Å². The van der Waals surface area contributed by atoms with E-state index in [1.54, 1.807) is 11.0 Å². The minimum Gasteiger partial charge on any atom is -0.376 e. The molecule has 1 fully saturated rings. The third kappa shape index (κ3) is 3.39. The number of hydrogen-bond donors (Lipinski definition) is 0. The summed E-state index contributed by atoms with van der Waals surface area (Å²) in [7, 11) is 0. The van der Waals surface area contributed by atoms with Gasteiger partial charge in [-0.05, 0) is 41.8 Å². The van der Waals surface area contributed by atoms with Gasteiger partial charge < -0.3 is 4.74 Å². The van der Waals surface area contributed by atoms with E-state index in [-0.39, 0.29) is 17.8 Å². The van der Waals surface area contributed by atoms with Gasteiger partial charge in [0.15, 0.2) is 5.13 Å². The number of thiazole rings is 1. The largest absolute Gasteiger partial charge is 0.376 e. The van der Waals surface area contributed by atoms with Gasteiger partial charge in [-0.1, -0.05) is 53.8 Å². The Morgan fingerprint density at radius 2 is 1.97 bits per heavy atom. The molecule has 0 N–H and O–H groups in total. The molecule has 0 bridgehead atoms. The summed E-state index contributed by atoms with van der Waals surface area (Å²) in [5.41, 5.74) is 0.913. The van der Waals surface area contributed by atoms with E-state index in [4.69, 9.17) is 4.74 Å².